The summed E-state index contributed by atoms with van der Waals surface area (Å²) >= 11 is 0. The highest BCUT2D eigenvalue weighted by atomic mass is 31.2. The van der Waals surface area contributed by atoms with Gasteiger partial charge in [-0.15, -0.1) is 0 Å². The second-order valence-electron chi connectivity index (χ2n) is 7.23. The van der Waals surface area contributed by atoms with Crippen LogP contribution < -0.4 is 5.73 Å². The molecule has 0 aromatic carbocycles. The van der Waals surface area contributed by atoms with Gasteiger partial charge in [0.05, 0.1) is 13.2 Å². The van der Waals surface area contributed by atoms with Crippen molar-refractivity contribution in [3.05, 3.63) is 0 Å². The van der Waals surface area contributed by atoms with Crippen LogP contribution in [-0.2, 0) is 32.7 Å². The Labute approximate surface area is 180 Å². The van der Waals surface area contributed by atoms with E-state index in [0.717, 1.165) is 19.3 Å². The molecule has 30 heavy (non-hydrogen) atoms. The van der Waals surface area contributed by atoms with E-state index in [4.69, 9.17) is 19.7 Å². The summed E-state index contributed by atoms with van der Waals surface area (Å²) in [7, 11) is -4.31. The molecule has 0 heterocycles. The smallest absolute Gasteiger partial charge is 0.462 e. The van der Waals surface area contributed by atoms with Gasteiger partial charge in [-0.1, -0.05) is 64.7 Å². The molecule has 0 bridgehead atoms. The Morgan fingerprint density at radius 1 is 0.933 bits per heavy atom. The molecule has 0 saturated carbocycles. The van der Waals surface area contributed by atoms with Crippen LogP contribution in [0.4, 0.5) is 0 Å². The fraction of sp³-hybridized carbons (Fsp3) is 0.900. The molecule has 0 saturated heterocycles. The summed E-state index contributed by atoms with van der Waals surface area (Å²) in [5.74, 6) is -1.02. The molecule has 0 aliphatic rings. The molecule has 0 aliphatic heterocycles. The number of ether oxygens (including phenoxy) is 2. The highest BCUT2D eigenvalue weighted by Gasteiger charge is 2.25. The van der Waals surface area contributed by atoms with Crippen molar-refractivity contribution in [2.75, 3.05) is 26.4 Å². The second-order valence-corrected chi connectivity index (χ2v) is 8.69. The van der Waals surface area contributed by atoms with Crippen LogP contribution in [0.2, 0.25) is 0 Å². The molecule has 0 spiro atoms. The molecule has 0 aromatic heterocycles. The van der Waals surface area contributed by atoms with Crippen LogP contribution in [0.25, 0.3) is 0 Å². The maximum absolute atomic E-state index is 11.9. The molecule has 2 atom stereocenters. The normalized spacial score (nSPS) is 14.1. The highest BCUT2D eigenvalue weighted by molar-refractivity contribution is 7.47. The molecular formula is C20H40NO8P. The summed E-state index contributed by atoms with van der Waals surface area (Å²) in [4.78, 5) is 32.5. The molecule has 0 radical (unpaired) electrons. The number of esters is 2. The molecule has 3 N–H and O–H groups in total. The summed E-state index contributed by atoms with van der Waals surface area (Å²) in [5.41, 5.74) is 5.19. The van der Waals surface area contributed by atoms with Crippen LogP contribution in [0.5, 0.6) is 0 Å². The van der Waals surface area contributed by atoms with Crippen LogP contribution in [-0.4, -0.2) is 49.3 Å². The van der Waals surface area contributed by atoms with Gasteiger partial charge in [-0.2, -0.15) is 0 Å². The number of phosphoric acid groups is 1. The van der Waals surface area contributed by atoms with E-state index in [-0.39, 0.29) is 26.2 Å². The van der Waals surface area contributed by atoms with E-state index < -0.39 is 32.5 Å². The summed E-state index contributed by atoms with van der Waals surface area (Å²) in [6, 6.07) is 0. The number of phosphoric ester groups is 1. The Morgan fingerprint density at radius 3 is 2.03 bits per heavy atom. The minimum Gasteiger partial charge on any atom is -0.462 e. The Kier molecular flexibility index (Phi) is 18.1. The van der Waals surface area contributed by atoms with Gasteiger partial charge in [-0.05, 0) is 6.42 Å². The lowest BCUT2D eigenvalue weighted by atomic mass is 10.1. The van der Waals surface area contributed by atoms with Gasteiger partial charge in [0.25, 0.3) is 0 Å². The number of unbranched alkanes of at least 4 members (excludes halogenated alkanes) is 9. The quantitative estimate of drug-likeness (QED) is 0.160. The lowest BCUT2D eigenvalue weighted by Gasteiger charge is -2.19. The van der Waals surface area contributed by atoms with Crippen LogP contribution in [0.1, 0.15) is 84.5 Å². The lowest BCUT2D eigenvalue weighted by molar-refractivity contribution is -0.159. The van der Waals surface area contributed by atoms with Crippen LogP contribution in [0, 0.1) is 0 Å². The topological polar surface area (TPSA) is 134 Å². The Morgan fingerprint density at radius 2 is 1.50 bits per heavy atom. The van der Waals surface area contributed by atoms with E-state index in [1.54, 1.807) is 0 Å². The van der Waals surface area contributed by atoms with Crippen molar-refractivity contribution in [1.29, 1.82) is 0 Å². The van der Waals surface area contributed by atoms with Crippen molar-refractivity contribution in [3.63, 3.8) is 0 Å². The molecule has 178 valence electrons. The number of nitrogens with two attached hydrogens (primary N) is 1. The van der Waals surface area contributed by atoms with Gasteiger partial charge >= 0.3 is 19.8 Å². The van der Waals surface area contributed by atoms with Crippen molar-refractivity contribution in [1.82, 2.24) is 0 Å². The van der Waals surface area contributed by atoms with Gasteiger partial charge in [0.1, 0.15) is 6.61 Å². The van der Waals surface area contributed by atoms with Gasteiger partial charge in [0.2, 0.25) is 0 Å². The van der Waals surface area contributed by atoms with E-state index in [2.05, 4.69) is 11.4 Å². The first-order valence-electron chi connectivity index (χ1n) is 11.0. The monoisotopic (exact) mass is 453 g/mol. The molecule has 9 nitrogen and oxygen atoms in total. The maximum Gasteiger partial charge on any atom is 0.472 e. The molecule has 10 heteroatoms. The first-order valence-corrected chi connectivity index (χ1v) is 12.4. The molecule has 1 unspecified atom stereocenters. The SMILES string of the molecule is CCCCCCCCCCCCC(=O)OC[C@H](COP(=O)(O)OCCN)OC(C)=O. The molecule has 0 aromatic rings. The number of carbonyl (C=O) groups excluding carboxylic acids is 2. The van der Waals surface area contributed by atoms with E-state index >= 15 is 0 Å². The summed E-state index contributed by atoms with van der Waals surface area (Å²) in [6.07, 6.45) is 11.0. The first kappa shape index (κ1) is 29.0. The third-order valence-electron chi connectivity index (χ3n) is 4.29. The van der Waals surface area contributed by atoms with Crippen LogP contribution >= 0.6 is 7.82 Å². The number of rotatable bonds is 20. The van der Waals surface area contributed by atoms with Gasteiger partial charge in [0, 0.05) is 19.9 Å². The fourth-order valence-corrected chi connectivity index (χ4v) is 3.51. The standard InChI is InChI=1S/C20H40NO8P/c1-3-4-5-6-7-8-9-10-11-12-13-20(23)26-16-19(29-18(2)22)17-28-30(24,25)27-15-14-21/h19H,3-17,21H2,1-2H3,(H,24,25)/t19-/m1/s1. The van der Waals surface area contributed by atoms with Crippen LogP contribution in [0.15, 0.2) is 0 Å². The third kappa shape index (κ3) is 19.0. The van der Waals surface area contributed by atoms with Crippen molar-refractivity contribution < 1.29 is 37.6 Å². The maximum atomic E-state index is 11.9. The van der Waals surface area contributed by atoms with Crippen molar-refractivity contribution >= 4 is 19.8 Å². The van der Waals surface area contributed by atoms with Crippen LogP contribution in [0.3, 0.4) is 0 Å². The average molecular weight is 454 g/mol. The first-order chi connectivity index (χ1) is 14.3. The molecule has 0 fully saturated rings. The molecule has 0 amide bonds. The number of hydrogen-bond acceptors (Lipinski definition) is 8. The van der Waals surface area contributed by atoms with Gasteiger partial charge < -0.3 is 20.1 Å². The predicted octanol–water partition coefficient (Wildman–Crippen LogP) is 3.86. The van der Waals surface area contributed by atoms with Gasteiger partial charge in [-0.3, -0.25) is 18.6 Å². The zero-order valence-electron chi connectivity index (χ0n) is 18.5. The molecule has 0 aliphatic carbocycles. The van der Waals surface area contributed by atoms with Crippen molar-refractivity contribution in [3.8, 4) is 0 Å². The summed E-state index contributed by atoms with van der Waals surface area (Å²) < 4.78 is 31.0. The van der Waals surface area contributed by atoms with Crippen molar-refractivity contribution in [2.24, 2.45) is 5.73 Å². The van der Waals surface area contributed by atoms with Crippen molar-refractivity contribution in [2.45, 2.75) is 90.6 Å². The average Bonchev–Trinajstić information content (AvgIpc) is 2.69. The lowest BCUT2D eigenvalue weighted by Crippen LogP contribution is -2.28. The zero-order valence-corrected chi connectivity index (χ0v) is 19.4. The Bertz CT molecular complexity index is 503. The molecule has 0 rings (SSSR count). The van der Waals surface area contributed by atoms with E-state index in [9.17, 15) is 19.0 Å². The Hall–Kier alpha value is -0.990. The predicted molar refractivity (Wildman–Crippen MR) is 114 cm³/mol. The third-order valence-corrected chi connectivity index (χ3v) is 5.28. The zero-order chi connectivity index (χ0) is 22.7. The van der Waals surface area contributed by atoms with E-state index in [1.165, 1.54) is 51.9 Å². The Balaban J connectivity index is 3.94. The largest absolute Gasteiger partial charge is 0.472 e. The number of carbonyl (C=O) groups is 2. The fourth-order valence-electron chi connectivity index (χ4n) is 2.75. The van der Waals surface area contributed by atoms with Gasteiger partial charge in [-0.25, -0.2) is 4.57 Å². The second kappa shape index (κ2) is 18.8. The highest BCUT2D eigenvalue weighted by Crippen LogP contribution is 2.43. The minimum atomic E-state index is -4.31. The molecular weight excluding hydrogens is 413 g/mol. The van der Waals surface area contributed by atoms with Gasteiger partial charge in [0.15, 0.2) is 6.10 Å². The van der Waals surface area contributed by atoms with E-state index in [1.807, 2.05) is 0 Å². The minimum absolute atomic E-state index is 0.0534. The van der Waals surface area contributed by atoms with E-state index in [0.29, 0.717) is 0 Å². The summed E-state index contributed by atoms with van der Waals surface area (Å²) in [6.45, 7) is 2.60. The summed E-state index contributed by atoms with van der Waals surface area (Å²) in [5, 5.41) is 0. The number of hydrogen-bond donors (Lipinski definition) is 2.